The summed E-state index contributed by atoms with van der Waals surface area (Å²) in [6.07, 6.45) is 2.33. The maximum atomic E-state index is 5.41. The third-order valence-corrected chi connectivity index (χ3v) is 4.54. The van der Waals surface area contributed by atoms with E-state index in [0.29, 0.717) is 18.6 Å². The summed E-state index contributed by atoms with van der Waals surface area (Å²) in [5.41, 5.74) is 1.10. The number of nitrogens with zero attached hydrogens (tertiary/aromatic N) is 2. The minimum Gasteiger partial charge on any atom is -0.496 e. The molecule has 1 aliphatic rings. The number of ether oxygens (including phenoxy) is 1. The van der Waals surface area contributed by atoms with Gasteiger partial charge in [0.15, 0.2) is 5.96 Å². The molecule has 0 radical (unpaired) electrons. The van der Waals surface area contributed by atoms with Crippen molar-refractivity contribution in [3.8, 4) is 5.75 Å². The third-order valence-electron chi connectivity index (χ3n) is 4.54. The van der Waals surface area contributed by atoms with Crippen molar-refractivity contribution in [2.75, 3.05) is 26.7 Å². The number of hydrogen-bond acceptors (Lipinski definition) is 3. The molecule has 5 nitrogen and oxygen atoms in total. The van der Waals surface area contributed by atoms with Gasteiger partial charge in [0, 0.05) is 37.3 Å². The molecule has 6 heteroatoms. The van der Waals surface area contributed by atoms with Crippen LogP contribution in [0.25, 0.3) is 0 Å². The fraction of sp³-hybridized carbons (Fsp3) is 0.632. The van der Waals surface area contributed by atoms with Gasteiger partial charge in [0.2, 0.25) is 0 Å². The molecule has 1 aromatic rings. The Kier molecular flexibility index (Phi) is 10.2. The highest BCUT2D eigenvalue weighted by Gasteiger charge is 2.21. The Morgan fingerprint density at radius 2 is 1.96 bits per heavy atom. The lowest BCUT2D eigenvalue weighted by Gasteiger charge is -2.35. The molecule has 2 rings (SSSR count). The summed E-state index contributed by atoms with van der Waals surface area (Å²) in [6, 6.07) is 9.18. The number of likely N-dealkylation sites (tertiary alicyclic amines) is 1. The topological polar surface area (TPSA) is 48.9 Å². The molecule has 0 bridgehead atoms. The van der Waals surface area contributed by atoms with Crippen LogP contribution in [0.1, 0.15) is 39.2 Å². The zero-order valence-corrected chi connectivity index (χ0v) is 18.2. The van der Waals surface area contributed by atoms with E-state index in [1.54, 1.807) is 7.11 Å². The van der Waals surface area contributed by atoms with Crippen LogP contribution in [-0.4, -0.2) is 49.7 Å². The van der Waals surface area contributed by atoms with Crippen molar-refractivity contribution >= 4 is 29.9 Å². The van der Waals surface area contributed by atoms with Gasteiger partial charge in [-0.2, -0.15) is 0 Å². The van der Waals surface area contributed by atoms with Gasteiger partial charge in [-0.05, 0) is 39.7 Å². The molecule has 1 fully saturated rings. The molecule has 0 atom stereocenters. The van der Waals surface area contributed by atoms with Gasteiger partial charge in [0.05, 0.1) is 13.7 Å². The number of methoxy groups -OCH3 is 1. The number of nitrogens with one attached hydrogen (secondary N) is 2. The number of halogens is 1. The molecule has 2 N–H and O–H groups in total. The highest BCUT2D eigenvalue weighted by molar-refractivity contribution is 14.0. The molecule has 1 saturated heterocycles. The first-order valence-corrected chi connectivity index (χ1v) is 9.04. The van der Waals surface area contributed by atoms with E-state index in [0.717, 1.165) is 49.7 Å². The highest BCUT2D eigenvalue weighted by Crippen LogP contribution is 2.18. The number of piperidine rings is 1. The van der Waals surface area contributed by atoms with E-state index in [4.69, 9.17) is 9.73 Å². The Hall–Kier alpha value is -1.02. The summed E-state index contributed by atoms with van der Waals surface area (Å²) in [4.78, 5) is 7.28. The Morgan fingerprint density at radius 1 is 1.28 bits per heavy atom. The summed E-state index contributed by atoms with van der Waals surface area (Å²) in [5, 5.41) is 6.95. The molecule has 0 unspecified atom stereocenters. The first-order chi connectivity index (χ1) is 11.6. The standard InChI is InChI=1S/C19H32N4O.HI/c1-5-20-19(21-14-16-8-6-7-9-18(16)24-4)22-17-10-12-23(13-11-17)15(2)3;/h6-9,15,17H,5,10-14H2,1-4H3,(H2,20,21,22);1H. The normalized spacial score (nSPS) is 16.4. The molecule has 0 aromatic heterocycles. The van der Waals surface area contributed by atoms with Crippen LogP contribution in [-0.2, 0) is 6.54 Å². The average molecular weight is 460 g/mol. The van der Waals surface area contributed by atoms with Crippen LogP contribution in [0.4, 0.5) is 0 Å². The van der Waals surface area contributed by atoms with Crippen molar-refractivity contribution in [1.82, 2.24) is 15.5 Å². The van der Waals surface area contributed by atoms with Gasteiger partial charge in [-0.1, -0.05) is 18.2 Å². The van der Waals surface area contributed by atoms with Gasteiger partial charge >= 0.3 is 0 Å². The van der Waals surface area contributed by atoms with Crippen molar-refractivity contribution in [3.05, 3.63) is 29.8 Å². The van der Waals surface area contributed by atoms with Crippen LogP contribution in [0.3, 0.4) is 0 Å². The molecule has 0 saturated carbocycles. The van der Waals surface area contributed by atoms with Gasteiger partial charge in [-0.25, -0.2) is 4.99 Å². The molecule has 142 valence electrons. The van der Waals surface area contributed by atoms with Gasteiger partial charge in [0.1, 0.15) is 5.75 Å². The van der Waals surface area contributed by atoms with Gasteiger partial charge in [0.25, 0.3) is 0 Å². The van der Waals surface area contributed by atoms with E-state index in [-0.39, 0.29) is 24.0 Å². The van der Waals surface area contributed by atoms with E-state index in [1.165, 1.54) is 0 Å². The quantitative estimate of drug-likeness (QED) is 0.389. The fourth-order valence-electron chi connectivity index (χ4n) is 3.07. The second-order valence-electron chi connectivity index (χ2n) is 6.56. The Labute approximate surface area is 169 Å². The molecular formula is C19H33IN4O. The molecule has 1 aromatic carbocycles. The Morgan fingerprint density at radius 3 is 2.56 bits per heavy atom. The van der Waals surface area contributed by atoms with Crippen molar-refractivity contribution in [1.29, 1.82) is 0 Å². The van der Waals surface area contributed by atoms with E-state index >= 15 is 0 Å². The number of para-hydroxylation sites is 1. The monoisotopic (exact) mass is 460 g/mol. The smallest absolute Gasteiger partial charge is 0.191 e. The Balaban J connectivity index is 0.00000312. The van der Waals surface area contributed by atoms with Crippen LogP contribution < -0.4 is 15.4 Å². The second kappa shape index (κ2) is 11.6. The summed E-state index contributed by atoms with van der Waals surface area (Å²) in [5.74, 6) is 1.79. The maximum Gasteiger partial charge on any atom is 0.191 e. The van der Waals surface area contributed by atoms with Crippen LogP contribution >= 0.6 is 24.0 Å². The predicted octanol–water partition coefficient (Wildman–Crippen LogP) is 3.24. The van der Waals surface area contributed by atoms with Crippen LogP contribution in [0, 0.1) is 0 Å². The van der Waals surface area contributed by atoms with Gasteiger partial charge < -0.3 is 20.3 Å². The van der Waals surface area contributed by atoms with E-state index < -0.39 is 0 Å². The lowest BCUT2D eigenvalue weighted by Crippen LogP contribution is -2.49. The first-order valence-electron chi connectivity index (χ1n) is 9.04. The van der Waals surface area contributed by atoms with E-state index in [1.807, 2.05) is 18.2 Å². The average Bonchev–Trinajstić information content (AvgIpc) is 2.60. The van der Waals surface area contributed by atoms with Crippen molar-refractivity contribution < 1.29 is 4.74 Å². The minimum absolute atomic E-state index is 0. The Bertz CT molecular complexity index is 528. The number of aliphatic imine (C=N–C) groups is 1. The van der Waals surface area contributed by atoms with Crippen LogP contribution in [0.2, 0.25) is 0 Å². The van der Waals surface area contributed by atoms with Gasteiger partial charge in [-0.3, -0.25) is 0 Å². The number of hydrogen-bond donors (Lipinski definition) is 2. The molecule has 0 spiro atoms. The summed E-state index contributed by atoms with van der Waals surface area (Å²) in [7, 11) is 1.70. The number of benzene rings is 1. The summed E-state index contributed by atoms with van der Waals surface area (Å²) >= 11 is 0. The molecule has 0 amide bonds. The molecule has 1 heterocycles. The third kappa shape index (κ3) is 7.01. The molecule has 1 aliphatic heterocycles. The highest BCUT2D eigenvalue weighted by atomic mass is 127. The van der Waals surface area contributed by atoms with E-state index in [9.17, 15) is 0 Å². The fourth-order valence-corrected chi connectivity index (χ4v) is 3.07. The lowest BCUT2D eigenvalue weighted by molar-refractivity contribution is 0.167. The molecular weight excluding hydrogens is 427 g/mol. The summed E-state index contributed by atoms with van der Waals surface area (Å²) in [6.45, 7) is 10.4. The zero-order valence-electron chi connectivity index (χ0n) is 15.9. The zero-order chi connectivity index (χ0) is 17.4. The second-order valence-corrected chi connectivity index (χ2v) is 6.56. The SMILES string of the molecule is CCNC(=NCc1ccccc1OC)NC1CCN(C(C)C)CC1.I. The van der Waals surface area contributed by atoms with Crippen LogP contribution in [0.5, 0.6) is 5.75 Å². The van der Waals surface area contributed by atoms with Crippen molar-refractivity contribution in [2.24, 2.45) is 4.99 Å². The molecule has 0 aliphatic carbocycles. The predicted molar refractivity (Wildman–Crippen MR) is 116 cm³/mol. The largest absolute Gasteiger partial charge is 0.496 e. The first kappa shape index (κ1) is 22.0. The summed E-state index contributed by atoms with van der Waals surface area (Å²) < 4.78 is 5.41. The minimum atomic E-state index is 0. The van der Waals surface area contributed by atoms with Crippen molar-refractivity contribution in [3.63, 3.8) is 0 Å². The number of rotatable bonds is 6. The van der Waals surface area contributed by atoms with Crippen molar-refractivity contribution in [2.45, 2.75) is 52.2 Å². The van der Waals surface area contributed by atoms with Crippen LogP contribution in [0.15, 0.2) is 29.3 Å². The lowest BCUT2D eigenvalue weighted by atomic mass is 10.0. The molecule has 25 heavy (non-hydrogen) atoms. The van der Waals surface area contributed by atoms with Gasteiger partial charge in [-0.15, -0.1) is 24.0 Å². The van der Waals surface area contributed by atoms with E-state index in [2.05, 4.69) is 42.4 Å². The maximum absolute atomic E-state index is 5.41. The number of guanidine groups is 1.